The van der Waals surface area contributed by atoms with Crippen LogP contribution >= 0.6 is 0 Å². The molecule has 1 rings (SSSR count). The lowest BCUT2D eigenvalue weighted by Crippen LogP contribution is -2.34. The maximum absolute atomic E-state index is 5.57. The maximum Gasteiger partial charge on any atom is 0.0285 e. The van der Waals surface area contributed by atoms with Crippen molar-refractivity contribution < 1.29 is 0 Å². The molecule has 0 saturated carbocycles. The van der Waals surface area contributed by atoms with E-state index in [0.29, 0.717) is 6.04 Å². The van der Waals surface area contributed by atoms with Crippen molar-refractivity contribution in [3.63, 3.8) is 0 Å². The number of rotatable bonds is 1. The van der Waals surface area contributed by atoms with Crippen LogP contribution in [0.15, 0.2) is 0 Å². The molecule has 1 unspecified atom stereocenters. The van der Waals surface area contributed by atoms with Crippen molar-refractivity contribution >= 4 is 0 Å². The molecule has 1 aliphatic rings. The number of nitrogens with two attached hydrogens (primary N) is 1. The van der Waals surface area contributed by atoms with Gasteiger partial charge in [0.15, 0.2) is 0 Å². The van der Waals surface area contributed by atoms with Crippen molar-refractivity contribution in [1.29, 1.82) is 0 Å². The summed E-state index contributed by atoms with van der Waals surface area (Å²) in [5.74, 6) is 5.57. The molecule has 0 amide bonds. The minimum absolute atomic E-state index is 0.676. The fraction of sp³-hybridized carbons (Fsp3) is 1.00. The van der Waals surface area contributed by atoms with E-state index in [1.807, 2.05) is 18.9 Å². The molecule has 0 aliphatic carbocycles. The molecule has 0 aromatic carbocycles. The molecule has 68 valence electrons. The summed E-state index contributed by atoms with van der Waals surface area (Å²) >= 11 is 0. The monoisotopic (exact) mass is 159 g/mol. The molecular formula is C8H21N3. The third-order valence-corrected chi connectivity index (χ3v) is 1.93. The van der Waals surface area contributed by atoms with Crippen LogP contribution < -0.4 is 5.84 Å². The van der Waals surface area contributed by atoms with Gasteiger partial charge in [-0.15, -0.1) is 0 Å². The molecule has 1 aliphatic heterocycles. The molecule has 0 spiro atoms. The summed E-state index contributed by atoms with van der Waals surface area (Å²) in [6.45, 7) is 6.07. The van der Waals surface area contributed by atoms with Gasteiger partial charge in [0.2, 0.25) is 0 Å². The topological polar surface area (TPSA) is 32.5 Å². The first-order valence-electron chi connectivity index (χ1n) is 4.36. The van der Waals surface area contributed by atoms with E-state index in [1.54, 1.807) is 0 Å². The van der Waals surface area contributed by atoms with E-state index in [9.17, 15) is 0 Å². The van der Waals surface area contributed by atoms with Gasteiger partial charge in [-0.2, -0.15) is 0 Å². The van der Waals surface area contributed by atoms with Gasteiger partial charge in [0, 0.05) is 19.1 Å². The summed E-state index contributed by atoms with van der Waals surface area (Å²) in [6.07, 6.45) is 1.21. The van der Waals surface area contributed by atoms with Crippen LogP contribution in [0.4, 0.5) is 0 Å². The molecule has 1 atom stereocenters. The van der Waals surface area contributed by atoms with Gasteiger partial charge in [-0.05, 0) is 20.5 Å². The van der Waals surface area contributed by atoms with Crippen molar-refractivity contribution in [2.75, 3.05) is 27.2 Å². The summed E-state index contributed by atoms with van der Waals surface area (Å²) in [4.78, 5) is 2.23. The van der Waals surface area contributed by atoms with E-state index in [-0.39, 0.29) is 0 Å². The van der Waals surface area contributed by atoms with Crippen LogP contribution in [0.3, 0.4) is 0 Å². The number of hydrazine groups is 1. The molecular weight excluding hydrogens is 138 g/mol. The van der Waals surface area contributed by atoms with E-state index in [2.05, 4.69) is 19.0 Å². The lowest BCUT2D eigenvalue weighted by molar-refractivity contribution is 0.273. The zero-order chi connectivity index (χ0) is 8.85. The zero-order valence-electron chi connectivity index (χ0n) is 8.17. The van der Waals surface area contributed by atoms with Gasteiger partial charge in [0.05, 0.1) is 0 Å². The fourth-order valence-electron chi connectivity index (χ4n) is 1.19. The lowest BCUT2D eigenvalue weighted by Gasteiger charge is -2.17. The third-order valence-electron chi connectivity index (χ3n) is 1.93. The van der Waals surface area contributed by atoms with Gasteiger partial charge in [-0.1, -0.05) is 13.8 Å². The Bertz CT molecular complexity index is 93.3. The smallest absolute Gasteiger partial charge is 0.0285 e. The van der Waals surface area contributed by atoms with Crippen LogP contribution in [0.5, 0.6) is 0 Å². The first-order chi connectivity index (χ1) is 5.20. The highest BCUT2D eigenvalue weighted by atomic mass is 15.4. The SMILES string of the molecule is CC.CN(C)C1CCN(N)C1. The number of likely N-dealkylation sites (N-methyl/N-ethyl adjacent to an activating group) is 1. The van der Waals surface area contributed by atoms with E-state index in [1.165, 1.54) is 6.42 Å². The second kappa shape index (κ2) is 5.52. The van der Waals surface area contributed by atoms with E-state index in [0.717, 1.165) is 13.1 Å². The van der Waals surface area contributed by atoms with Crippen LogP contribution in [-0.4, -0.2) is 43.1 Å². The van der Waals surface area contributed by atoms with Crippen molar-refractivity contribution in [3.05, 3.63) is 0 Å². The summed E-state index contributed by atoms with van der Waals surface area (Å²) in [6, 6.07) is 0.676. The van der Waals surface area contributed by atoms with Crippen LogP contribution in [0.1, 0.15) is 20.3 Å². The van der Waals surface area contributed by atoms with Gasteiger partial charge >= 0.3 is 0 Å². The largest absolute Gasteiger partial charge is 0.305 e. The third kappa shape index (κ3) is 3.70. The summed E-state index contributed by atoms with van der Waals surface area (Å²) in [7, 11) is 4.20. The van der Waals surface area contributed by atoms with Gasteiger partial charge in [-0.3, -0.25) is 5.84 Å². The van der Waals surface area contributed by atoms with Crippen LogP contribution in [0.2, 0.25) is 0 Å². The van der Waals surface area contributed by atoms with Crippen LogP contribution in [0, 0.1) is 0 Å². The van der Waals surface area contributed by atoms with Gasteiger partial charge in [0.1, 0.15) is 0 Å². The molecule has 1 heterocycles. The zero-order valence-corrected chi connectivity index (χ0v) is 8.17. The molecule has 0 aromatic rings. The maximum atomic E-state index is 5.57. The molecule has 3 nitrogen and oxygen atoms in total. The standard InChI is InChI=1S/C6H15N3.C2H6/c1-8(2)6-3-4-9(7)5-6;1-2/h6H,3-5,7H2,1-2H3;1-2H3. The molecule has 1 saturated heterocycles. The first kappa shape index (κ1) is 10.9. The average Bonchev–Trinajstić information content (AvgIpc) is 2.40. The minimum Gasteiger partial charge on any atom is -0.305 e. The summed E-state index contributed by atoms with van der Waals surface area (Å²) in [5, 5.41) is 1.88. The van der Waals surface area contributed by atoms with Gasteiger partial charge in [-0.25, -0.2) is 5.01 Å². The molecule has 2 N–H and O–H groups in total. The normalized spacial score (nSPS) is 25.1. The Morgan fingerprint density at radius 3 is 2.09 bits per heavy atom. The van der Waals surface area contributed by atoms with Crippen LogP contribution in [0.25, 0.3) is 0 Å². The minimum atomic E-state index is 0.676. The Balaban J connectivity index is 0.000000461. The number of hydrogen-bond donors (Lipinski definition) is 1. The highest BCUT2D eigenvalue weighted by molar-refractivity contribution is 4.76. The highest BCUT2D eigenvalue weighted by Crippen LogP contribution is 2.08. The van der Waals surface area contributed by atoms with Crippen LogP contribution in [-0.2, 0) is 0 Å². The van der Waals surface area contributed by atoms with Gasteiger partial charge in [0.25, 0.3) is 0 Å². The van der Waals surface area contributed by atoms with Crippen molar-refractivity contribution in [2.24, 2.45) is 5.84 Å². The Morgan fingerprint density at radius 1 is 1.36 bits per heavy atom. The second-order valence-corrected chi connectivity index (χ2v) is 2.90. The molecule has 3 heteroatoms. The molecule has 0 radical (unpaired) electrons. The van der Waals surface area contributed by atoms with Gasteiger partial charge < -0.3 is 4.90 Å². The molecule has 11 heavy (non-hydrogen) atoms. The average molecular weight is 159 g/mol. The number of nitrogens with zero attached hydrogens (tertiary/aromatic N) is 2. The van der Waals surface area contributed by atoms with Crippen molar-refractivity contribution in [3.8, 4) is 0 Å². The second-order valence-electron chi connectivity index (χ2n) is 2.90. The first-order valence-corrected chi connectivity index (χ1v) is 4.36. The van der Waals surface area contributed by atoms with Crippen molar-refractivity contribution in [2.45, 2.75) is 26.3 Å². The molecule has 0 aromatic heterocycles. The lowest BCUT2D eigenvalue weighted by atomic mass is 10.2. The van der Waals surface area contributed by atoms with E-state index >= 15 is 0 Å². The quantitative estimate of drug-likeness (QED) is 0.566. The molecule has 1 fully saturated rings. The Labute approximate surface area is 70.1 Å². The summed E-state index contributed by atoms with van der Waals surface area (Å²) < 4.78 is 0. The Hall–Kier alpha value is -0.120. The Morgan fingerprint density at radius 2 is 1.91 bits per heavy atom. The highest BCUT2D eigenvalue weighted by Gasteiger charge is 2.20. The summed E-state index contributed by atoms with van der Waals surface area (Å²) in [5.41, 5.74) is 0. The fourth-order valence-corrected chi connectivity index (χ4v) is 1.19. The predicted molar refractivity (Wildman–Crippen MR) is 49.2 cm³/mol. The molecule has 0 bridgehead atoms. The predicted octanol–water partition coefficient (Wildman–Crippen LogP) is 0.522. The van der Waals surface area contributed by atoms with Crippen molar-refractivity contribution in [1.82, 2.24) is 9.91 Å². The Kier molecular flexibility index (Phi) is 5.46. The number of hydrogen-bond acceptors (Lipinski definition) is 3. The van der Waals surface area contributed by atoms with E-state index < -0.39 is 0 Å². The van der Waals surface area contributed by atoms with E-state index in [4.69, 9.17) is 5.84 Å².